The number of benzene rings is 1. The summed E-state index contributed by atoms with van der Waals surface area (Å²) in [6, 6.07) is 4.15. The van der Waals surface area contributed by atoms with Gasteiger partial charge in [0.15, 0.2) is 9.84 Å². The van der Waals surface area contributed by atoms with Crippen LogP contribution in [-0.4, -0.2) is 27.8 Å². The van der Waals surface area contributed by atoms with Crippen LogP contribution in [0.5, 0.6) is 0 Å². The summed E-state index contributed by atoms with van der Waals surface area (Å²) in [5.74, 6) is -0.449. The van der Waals surface area contributed by atoms with Gasteiger partial charge in [0.2, 0.25) is 0 Å². The van der Waals surface area contributed by atoms with E-state index in [2.05, 4.69) is 0 Å². The van der Waals surface area contributed by atoms with Crippen molar-refractivity contribution in [3.63, 3.8) is 0 Å². The molecule has 1 aliphatic rings. The first-order chi connectivity index (χ1) is 7.98. The van der Waals surface area contributed by atoms with Crippen LogP contribution in [0.3, 0.4) is 0 Å². The Hall–Kier alpha value is -1.10. The zero-order chi connectivity index (χ0) is 12.5. The molecule has 0 aromatic heterocycles. The van der Waals surface area contributed by atoms with Gasteiger partial charge in [-0.25, -0.2) is 12.8 Å². The highest BCUT2D eigenvalue weighted by molar-refractivity contribution is 7.90. The van der Waals surface area contributed by atoms with E-state index in [-0.39, 0.29) is 4.90 Å². The largest absolute Gasteiger partial charge is 0.369 e. The highest BCUT2D eigenvalue weighted by atomic mass is 32.2. The van der Waals surface area contributed by atoms with E-state index in [4.69, 9.17) is 0 Å². The van der Waals surface area contributed by atoms with Crippen LogP contribution < -0.4 is 4.90 Å². The predicted octanol–water partition coefficient (Wildman–Crippen LogP) is 2.22. The molecule has 0 spiro atoms. The molecule has 94 valence electrons. The van der Waals surface area contributed by atoms with Crippen molar-refractivity contribution in [2.45, 2.75) is 24.2 Å². The van der Waals surface area contributed by atoms with Crippen LogP contribution in [0.25, 0.3) is 0 Å². The van der Waals surface area contributed by atoms with Crippen LogP contribution in [0.15, 0.2) is 23.1 Å². The van der Waals surface area contributed by atoms with Gasteiger partial charge in [0, 0.05) is 19.3 Å². The molecule has 0 N–H and O–H groups in total. The second kappa shape index (κ2) is 4.64. The number of rotatable bonds is 2. The fourth-order valence-corrected chi connectivity index (χ4v) is 2.74. The van der Waals surface area contributed by atoms with Crippen molar-refractivity contribution in [2.75, 3.05) is 24.2 Å². The van der Waals surface area contributed by atoms with E-state index in [1.165, 1.54) is 12.5 Å². The molecule has 0 aliphatic carbocycles. The number of piperidine rings is 1. The summed E-state index contributed by atoms with van der Waals surface area (Å²) in [5, 5.41) is 0. The first kappa shape index (κ1) is 12.4. The average molecular weight is 257 g/mol. The van der Waals surface area contributed by atoms with Crippen LogP contribution in [-0.2, 0) is 9.84 Å². The summed E-state index contributed by atoms with van der Waals surface area (Å²) >= 11 is 0. The van der Waals surface area contributed by atoms with Crippen LogP contribution in [0, 0.1) is 5.82 Å². The Morgan fingerprint density at radius 3 is 2.35 bits per heavy atom. The van der Waals surface area contributed by atoms with Crippen LogP contribution >= 0.6 is 0 Å². The zero-order valence-electron chi connectivity index (χ0n) is 9.82. The Morgan fingerprint density at radius 1 is 1.18 bits per heavy atom. The number of sulfone groups is 1. The molecule has 1 fully saturated rings. The van der Waals surface area contributed by atoms with Gasteiger partial charge < -0.3 is 4.90 Å². The van der Waals surface area contributed by atoms with E-state index in [0.717, 1.165) is 38.3 Å². The van der Waals surface area contributed by atoms with Gasteiger partial charge in [-0.05, 0) is 37.5 Å². The molecule has 1 saturated heterocycles. The maximum atomic E-state index is 13.9. The molecule has 0 bridgehead atoms. The third-order valence-electron chi connectivity index (χ3n) is 3.04. The standard InChI is InChI=1S/C12H16FNO2S/c1-17(15,16)10-5-6-12(11(13)9-10)14-7-3-2-4-8-14/h5-6,9H,2-4,7-8H2,1H3. The van der Waals surface area contributed by atoms with Crippen molar-refractivity contribution in [3.05, 3.63) is 24.0 Å². The molecule has 1 aliphatic heterocycles. The lowest BCUT2D eigenvalue weighted by Crippen LogP contribution is -2.30. The van der Waals surface area contributed by atoms with Gasteiger partial charge in [0.25, 0.3) is 0 Å². The van der Waals surface area contributed by atoms with Gasteiger partial charge in [-0.2, -0.15) is 0 Å². The number of hydrogen-bond donors (Lipinski definition) is 0. The molecule has 0 radical (unpaired) electrons. The van der Waals surface area contributed by atoms with Gasteiger partial charge in [0.05, 0.1) is 10.6 Å². The summed E-state index contributed by atoms with van der Waals surface area (Å²) in [7, 11) is -3.33. The van der Waals surface area contributed by atoms with Crippen molar-refractivity contribution in [3.8, 4) is 0 Å². The van der Waals surface area contributed by atoms with Gasteiger partial charge in [-0.3, -0.25) is 0 Å². The van der Waals surface area contributed by atoms with Gasteiger partial charge >= 0.3 is 0 Å². The van der Waals surface area contributed by atoms with E-state index < -0.39 is 15.7 Å². The molecule has 17 heavy (non-hydrogen) atoms. The monoisotopic (exact) mass is 257 g/mol. The smallest absolute Gasteiger partial charge is 0.175 e. The quantitative estimate of drug-likeness (QED) is 0.815. The molecule has 0 amide bonds. The SMILES string of the molecule is CS(=O)(=O)c1ccc(N2CCCCC2)c(F)c1. The minimum Gasteiger partial charge on any atom is -0.369 e. The molecule has 0 saturated carbocycles. The van der Waals surface area contributed by atoms with Crippen molar-refractivity contribution in [1.82, 2.24) is 0 Å². The molecular formula is C12H16FNO2S. The fraction of sp³-hybridized carbons (Fsp3) is 0.500. The molecular weight excluding hydrogens is 241 g/mol. The molecule has 0 atom stereocenters. The molecule has 3 nitrogen and oxygen atoms in total. The van der Waals surface area contributed by atoms with Crippen molar-refractivity contribution < 1.29 is 12.8 Å². The van der Waals surface area contributed by atoms with E-state index in [9.17, 15) is 12.8 Å². The van der Waals surface area contributed by atoms with Crippen molar-refractivity contribution >= 4 is 15.5 Å². The van der Waals surface area contributed by atoms with Crippen LogP contribution in [0.2, 0.25) is 0 Å². The summed E-state index contributed by atoms with van der Waals surface area (Å²) in [6.45, 7) is 1.68. The van der Waals surface area contributed by atoms with E-state index >= 15 is 0 Å². The average Bonchev–Trinajstić information content (AvgIpc) is 2.29. The topological polar surface area (TPSA) is 37.4 Å². The Morgan fingerprint density at radius 2 is 1.82 bits per heavy atom. The Balaban J connectivity index is 2.31. The second-order valence-corrected chi connectivity index (χ2v) is 6.45. The Kier molecular flexibility index (Phi) is 3.38. The highest BCUT2D eigenvalue weighted by Crippen LogP contribution is 2.25. The molecule has 1 aromatic carbocycles. The normalized spacial score (nSPS) is 17.2. The zero-order valence-corrected chi connectivity index (χ0v) is 10.6. The van der Waals surface area contributed by atoms with E-state index in [1.807, 2.05) is 4.90 Å². The molecule has 2 rings (SSSR count). The first-order valence-electron chi connectivity index (χ1n) is 5.73. The lowest BCUT2D eigenvalue weighted by atomic mass is 10.1. The summed E-state index contributed by atoms with van der Waals surface area (Å²) in [4.78, 5) is 2.01. The minimum absolute atomic E-state index is 0.0377. The number of anilines is 1. The van der Waals surface area contributed by atoms with Gasteiger partial charge in [0.1, 0.15) is 5.82 Å². The van der Waals surface area contributed by atoms with Gasteiger partial charge in [-0.15, -0.1) is 0 Å². The number of halogens is 1. The van der Waals surface area contributed by atoms with E-state index in [0.29, 0.717) is 5.69 Å². The summed E-state index contributed by atoms with van der Waals surface area (Å²) in [6.07, 6.45) is 4.39. The van der Waals surface area contributed by atoms with Crippen LogP contribution in [0.1, 0.15) is 19.3 Å². The van der Waals surface area contributed by atoms with Crippen molar-refractivity contribution in [2.24, 2.45) is 0 Å². The predicted molar refractivity (Wildman–Crippen MR) is 65.6 cm³/mol. The third kappa shape index (κ3) is 2.77. The maximum absolute atomic E-state index is 13.9. The minimum atomic E-state index is -3.33. The number of nitrogens with zero attached hydrogens (tertiary/aromatic N) is 1. The highest BCUT2D eigenvalue weighted by Gasteiger charge is 2.17. The second-order valence-electron chi connectivity index (χ2n) is 4.43. The van der Waals surface area contributed by atoms with Crippen molar-refractivity contribution in [1.29, 1.82) is 0 Å². The fourth-order valence-electron chi connectivity index (χ4n) is 2.11. The van der Waals surface area contributed by atoms with Gasteiger partial charge in [-0.1, -0.05) is 0 Å². The molecule has 1 aromatic rings. The van der Waals surface area contributed by atoms with Crippen LogP contribution in [0.4, 0.5) is 10.1 Å². The third-order valence-corrected chi connectivity index (χ3v) is 4.15. The maximum Gasteiger partial charge on any atom is 0.175 e. The first-order valence-corrected chi connectivity index (χ1v) is 7.62. The molecule has 0 unspecified atom stereocenters. The van der Waals surface area contributed by atoms with E-state index in [1.54, 1.807) is 6.07 Å². The molecule has 5 heteroatoms. The Bertz CT molecular complexity index is 507. The Labute approximate surface area is 101 Å². The number of hydrogen-bond acceptors (Lipinski definition) is 3. The lowest BCUT2D eigenvalue weighted by molar-refractivity contribution is 0.554. The summed E-state index contributed by atoms with van der Waals surface area (Å²) in [5.41, 5.74) is 0.511. The lowest BCUT2D eigenvalue weighted by Gasteiger charge is -2.29. The summed E-state index contributed by atoms with van der Waals surface area (Å²) < 4.78 is 36.4. The molecule has 1 heterocycles.